The molecular weight excluding hydrogens is 338 g/mol. The summed E-state index contributed by atoms with van der Waals surface area (Å²) in [4.78, 5) is 32.1. The summed E-state index contributed by atoms with van der Waals surface area (Å²) in [6.45, 7) is 6.91. The number of benzene rings is 1. The maximum atomic E-state index is 13.4. The quantitative estimate of drug-likeness (QED) is 0.819. The van der Waals surface area contributed by atoms with Crippen LogP contribution in [0.5, 0.6) is 0 Å². The van der Waals surface area contributed by atoms with Gasteiger partial charge in [-0.2, -0.15) is 0 Å². The Morgan fingerprint density at radius 1 is 1.07 bits per heavy atom. The number of carbonyl (C=O) groups excluding carboxylic acids is 2. The van der Waals surface area contributed by atoms with Crippen molar-refractivity contribution in [3.05, 3.63) is 35.4 Å². The van der Waals surface area contributed by atoms with Crippen molar-refractivity contribution in [1.29, 1.82) is 0 Å². The highest BCUT2D eigenvalue weighted by Crippen LogP contribution is 2.38. The van der Waals surface area contributed by atoms with Crippen molar-refractivity contribution in [2.45, 2.75) is 38.6 Å². The predicted molar refractivity (Wildman–Crippen MR) is 105 cm³/mol. The third-order valence-corrected chi connectivity index (χ3v) is 6.44. The Morgan fingerprint density at radius 2 is 1.81 bits per heavy atom. The second-order valence-electron chi connectivity index (χ2n) is 8.59. The van der Waals surface area contributed by atoms with Crippen molar-refractivity contribution < 1.29 is 9.59 Å². The predicted octanol–water partition coefficient (Wildman–Crippen LogP) is 2.46. The van der Waals surface area contributed by atoms with Crippen LogP contribution in [0.3, 0.4) is 0 Å². The molecule has 5 heteroatoms. The number of aryl methyl sites for hydroxylation is 1. The number of nitrogens with zero attached hydrogens (tertiary/aromatic N) is 3. The maximum Gasteiger partial charge on any atom is 0.228 e. The summed E-state index contributed by atoms with van der Waals surface area (Å²) in [6.07, 6.45) is 4.10. The van der Waals surface area contributed by atoms with E-state index in [0.29, 0.717) is 6.42 Å². The van der Waals surface area contributed by atoms with Crippen LogP contribution in [0.2, 0.25) is 0 Å². The Bertz CT molecular complexity index is 698. The molecule has 0 bridgehead atoms. The van der Waals surface area contributed by atoms with E-state index in [1.54, 1.807) is 4.90 Å². The van der Waals surface area contributed by atoms with Crippen LogP contribution in [0, 0.1) is 18.8 Å². The molecule has 5 nitrogen and oxygen atoms in total. The zero-order valence-electron chi connectivity index (χ0n) is 16.6. The molecule has 1 aromatic carbocycles. The number of carbonyl (C=O) groups is 2. The van der Waals surface area contributed by atoms with Gasteiger partial charge in [-0.25, -0.2) is 0 Å². The molecule has 1 aromatic rings. The highest BCUT2D eigenvalue weighted by atomic mass is 16.2. The molecule has 146 valence electrons. The Hall–Kier alpha value is -1.88. The molecule has 1 aliphatic carbocycles. The lowest BCUT2D eigenvalue weighted by Gasteiger charge is -2.29. The summed E-state index contributed by atoms with van der Waals surface area (Å²) < 4.78 is 0. The van der Waals surface area contributed by atoms with E-state index >= 15 is 0 Å². The Morgan fingerprint density at radius 3 is 2.52 bits per heavy atom. The average molecular weight is 370 g/mol. The molecule has 0 N–H and O–H groups in total. The van der Waals surface area contributed by atoms with Crippen LogP contribution in [-0.4, -0.2) is 66.3 Å². The van der Waals surface area contributed by atoms with Gasteiger partial charge in [0, 0.05) is 39.6 Å². The van der Waals surface area contributed by atoms with Gasteiger partial charge in [0.2, 0.25) is 11.8 Å². The Kier molecular flexibility index (Phi) is 5.22. The molecule has 3 aliphatic rings. The van der Waals surface area contributed by atoms with E-state index in [-0.39, 0.29) is 23.8 Å². The fraction of sp³-hybridized carbons (Fsp3) is 0.636. The molecule has 3 fully saturated rings. The van der Waals surface area contributed by atoms with E-state index in [4.69, 9.17) is 0 Å². The standard InChI is InChI=1S/C22H31N3O2/c1-16-4-8-18(9-5-16)21-19(14-20(26)23(21)2)22(27)25-11-3-10-24(12-13-25)15-17-6-7-17/h4-5,8-9,17,19,21H,3,6-7,10-15H2,1-2H3. The molecule has 2 atom stereocenters. The van der Waals surface area contributed by atoms with Gasteiger partial charge in [0.15, 0.2) is 0 Å². The van der Waals surface area contributed by atoms with E-state index in [1.165, 1.54) is 24.9 Å². The lowest BCUT2D eigenvalue weighted by atomic mass is 9.92. The van der Waals surface area contributed by atoms with Crippen molar-refractivity contribution in [2.24, 2.45) is 11.8 Å². The summed E-state index contributed by atoms with van der Waals surface area (Å²) in [5.41, 5.74) is 2.26. The number of likely N-dealkylation sites (tertiary alicyclic amines) is 1. The first-order valence-corrected chi connectivity index (χ1v) is 10.4. The number of hydrogen-bond acceptors (Lipinski definition) is 3. The topological polar surface area (TPSA) is 43.9 Å². The normalized spacial score (nSPS) is 27.1. The number of amides is 2. The molecule has 2 unspecified atom stereocenters. The molecule has 1 saturated carbocycles. The molecule has 2 saturated heterocycles. The van der Waals surface area contributed by atoms with E-state index in [2.05, 4.69) is 36.1 Å². The molecular formula is C22H31N3O2. The second kappa shape index (κ2) is 7.63. The van der Waals surface area contributed by atoms with E-state index < -0.39 is 0 Å². The molecule has 0 radical (unpaired) electrons. The molecule has 0 spiro atoms. The van der Waals surface area contributed by atoms with Crippen molar-refractivity contribution in [2.75, 3.05) is 39.8 Å². The first-order chi connectivity index (χ1) is 13.0. The lowest BCUT2D eigenvalue weighted by Crippen LogP contribution is -2.40. The van der Waals surface area contributed by atoms with Gasteiger partial charge < -0.3 is 14.7 Å². The highest BCUT2D eigenvalue weighted by Gasteiger charge is 2.44. The average Bonchev–Trinajstić information content (AvgIpc) is 3.45. The summed E-state index contributed by atoms with van der Waals surface area (Å²) in [5, 5.41) is 0. The van der Waals surface area contributed by atoms with Crippen LogP contribution in [0.25, 0.3) is 0 Å². The van der Waals surface area contributed by atoms with E-state index in [9.17, 15) is 9.59 Å². The van der Waals surface area contributed by atoms with E-state index in [1.807, 2.05) is 11.9 Å². The second-order valence-corrected chi connectivity index (χ2v) is 8.59. The van der Waals surface area contributed by atoms with E-state index in [0.717, 1.165) is 44.1 Å². The van der Waals surface area contributed by atoms with Gasteiger partial charge >= 0.3 is 0 Å². The van der Waals surface area contributed by atoms with Crippen molar-refractivity contribution in [1.82, 2.24) is 14.7 Å². The minimum absolute atomic E-state index is 0.0732. The Balaban J connectivity index is 1.47. The highest BCUT2D eigenvalue weighted by molar-refractivity contribution is 5.90. The van der Waals surface area contributed by atoms with Crippen LogP contribution in [0.1, 0.15) is 42.9 Å². The molecule has 27 heavy (non-hydrogen) atoms. The van der Waals surface area contributed by atoms with Gasteiger partial charge in [-0.3, -0.25) is 9.59 Å². The van der Waals surface area contributed by atoms with Gasteiger partial charge in [-0.05, 0) is 44.2 Å². The molecule has 2 aliphatic heterocycles. The third kappa shape index (κ3) is 4.03. The molecule has 2 amide bonds. The Labute approximate surface area is 162 Å². The zero-order chi connectivity index (χ0) is 19.0. The first-order valence-electron chi connectivity index (χ1n) is 10.4. The van der Waals surface area contributed by atoms with Crippen LogP contribution in [-0.2, 0) is 9.59 Å². The molecule has 0 aromatic heterocycles. The minimum Gasteiger partial charge on any atom is -0.341 e. The van der Waals surface area contributed by atoms with Gasteiger partial charge in [-0.15, -0.1) is 0 Å². The van der Waals surface area contributed by atoms with Crippen molar-refractivity contribution in [3.63, 3.8) is 0 Å². The fourth-order valence-electron chi connectivity index (χ4n) is 4.58. The number of hydrogen-bond donors (Lipinski definition) is 0. The van der Waals surface area contributed by atoms with Crippen LogP contribution in [0.15, 0.2) is 24.3 Å². The lowest BCUT2D eigenvalue weighted by molar-refractivity contribution is -0.136. The first kappa shape index (κ1) is 18.5. The number of rotatable bonds is 4. The largest absolute Gasteiger partial charge is 0.341 e. The van der Waals surface area contributed by atoms with Gasteiger partial charge in [0.1, 0.15) is 0 Å². The van der Waals surface area contributed by atoms with Crippen molar-refractivity contribution >= 4 is 11.8 Å². The van der Waals surface area contributed by atoms with Crippen molar-refractivity contribution in [3.8, 4) is 0 Å². The van der Waals surface area contributed by atoms with Crippen LogP contribution in [0.4, 0.5) is 0 Å². The monoisotopic (exact) mass is 369 g/mol. The van der Waals surface area contributed by atoms with Crippen LogP contribution >= 0.6 is 0 Å². The van der Waals surface area contributed by atoms with Gasteiger partial charge in [0.25, 0.3) is 0 Å². The summed E-state index contributed by atoms with van der Waals surface area (Å²) in [7, 11) is 1.83. The summed E-state index contributed by atoms with van der Waals surface area (Å²) >= 11 is 0. The SMILES string of the molecule is Cc1ccc(C2C(C(=O)N3CCCN(CC4CC4)CC3)CC(=O)N2C)cc1. The summed E-state index contributed by atoms with van der Waals surface area (Å²) in [6, 6.07) is 8.12. The molecule has 4 rings (SSSR count). The van der Waals surface area contributed by atoms with Gasteiger partial charge in [-0.1, -0.05) is 29.8 Å². The molecule has 2 heterocycles. The zero-order valence-corrected chi connectivity index (χ0v) is 16.6. The fourth-order valence-corrected chi connectivity index (χ4v) is 4.58. The summed E-state index contributed by atoms with van der Waals surface area (Å²) in [5.74, 6) is 0.857. The smallest absolute Gasteiger partial charge is 0.228 e. The minimum atomic E-state index is -0.264. The third-order valence-electron chi connectivity index (χ3n) is 6.44. The van der Waals surface area contributed by atoms with Gasteiger partial charge in [0.05, 0.1) is 12.0 Å². The van der Waals surface area contributed by atoms with Crippen LogP contribution < -0.4 is 0 Å². The maximum absolute atomic E-state index is 13.4.